The SMILES string of the molecule is COC(=O)C1=C(C(=O)OC)C(N(C)C)N=C(c2c(Nc3ccccc3)ccc([N+](=O)[O-])c2F)S1. The Morgan fingerprint density at radius 1 is 1.12 bits per heavy atom. The molecule has 0 amide bonds. The molecule has 2 aromatic rings. The molecule has 0 saturated carbocycles. The second-order valence-corrected chi connectivity index (χ2v) is 8.17. The van der Waals surface area contributed by atoms with Crippen LogP contribution in [0.25, 0.3) is 0 Å². The van der Waals surface area contributed by atoms with Crippen LogP contribution in [0.3, 0.4) is 0 Å². The molecule has 1 heterocycles. The maximum Gasteiger partial charge on any atom is 0.345 e. The number of nitrogens with one attached hydrogen (secondary N) is 1. The van der Waals surface area contributed by atoms with Gasteiger partial charge in [-0.25, -0.2) is 9.59 Å². The number of anilines is 2. The highest BCUT2D eigenvalue weighted by Gasteiger charge is 2.38. The number of nitro benzene ring substituents is 1. The van der Waals surface area contributed by atoms with Crippen LogP contribution in [0.4, 0.5) is 21.5 Å². The van der Waals surface area contributed by atoms with E-state index in [2.05, 4.69) is 10.3 Å². The van der Waals surface area contributed by atoms with Crippen LogP contribution in [-0.4, -0.2) is 61.3 Å². The van der Waals surface area contributed by atoms with E-state index in [1.807, 2.05) is 0 Å². The first-order valence-electron chi connectivity index (χ1n) is 9.81. The minimum Gasteiger partial charge on any atom is -0.466 e. The van der Waals surface area contributed by atoms with Gasteiger partial charge in [0.15, 0.2) is 0 Å². The summed E-state index contributed by atoms with van der Waals surface area (Å²) in [5.41, 5.74) is -0.289. The Kier molecular flexibility index (Phi) is 7.64. The summed E-state index contributed by atoms with van der Waals surface area (Å²) >= 11 is 0.675. The average Bonchev–Trinajstić information content (AvgIpc) is 2.82. The summed E-state index contributed by atoms with van der Waals surface area (Å²) in [7, 11) is 5.50. The van der Waals surface area contributed by atoms with Gasteiger partial charge in [-0.05, 0) is 32.3 Å². The summed E-state index contributed by atoms with van der Waals surface area (Å²) in [6, 6.07) is 11.2. The zero-order valence-corrected chi connectivity index (χ0v) is 19.5. The van der Waals surface area contributed by atoms with Gasteiger partial charge in [0.2, 0.25) is 5.82 Å². The van der Waals surface area contributed by atoms with Crippen LogP contribution < -0.4 is 5.32 Å². The van der Waals surface area contributed by atoms with Crippen molar-refractivity contribution in [3.05, 3.63) is 74.4 Å². The molecule has 0 bridgehead atoms. The second kappa shape index (κ2) is 10.4. The van der Waals surface area contributed by atoms with Crippen molar-refractivity contribution in [1.82, 2.24) is 4.90 Å². The molecule has 0 aromatic heterocycles. The fourth-order valence-corrected chi connectivity index (χ4v) is 4.32. The molecule has 178 valence electrons. The standard InChI is InChI=1S/C22H21FN4O6S/c1-26(2)19-16(21(28)32-3)18(22(29)33-4)34-20(25-19)15-13(24-12-8-6-5-7-9-12)10-11-14(17(15)23)27(30)31/h5-11,19,24H,1-4H3. The minimum atomic E-state index is -1.14. The first kappa shape index (κ1) is 24.9. The summed E-state index contributed by atoms with van der Waals surface area (Å²) in [5, 5.41) is 14.4. The van der Waals surface area contributed by atoms with E-state index in [4.69, 9.17) is 9.47 Å². The topological polar surface area (TPSA) is 123 Å². The smallest absolute Gasteiger partial charge is 0.345 e. The number of likely N-dealkylation sites (N-methyl/N-ethyl adjacent to an activating group) is 1. The Morgan fingerprint density at radius 2 is 1.76 bits per heavy atom. The van der Waals surface area contributed by atoms with E-state index in [1.54, 1.807) is 44.4 Å². The van der Waals surface area contributed by atoms with Gasteiger partial charge < -0.3 is 14.8 Å². The third kappa shape index (κ3) is 4.92. The van der Waals surface area contributed by atoms with Crippen LogP contribution in [0.2, 0.25) is 0 Å². The Morgan fingerprint density at radius 3 is 2.32 bits per heavy atom. The fourth-order valence-electron chi connectivity index (χ4n) is 3.21. The van der Waals surface area contributed by atoms with Gasteiger partial charge in [0.05, 0.1) is 36.0 Å². The van der Waals surface area contributed by atoms with E-state index in [-0.39, 0.29) is 26.8 Å². The number of thioether (sulfide) groups is 1. The maximum atomic E-state index is 15.5. The molecule has 1 N–H and O–H groups in total. The fraction of sp³-hybridized carbons (Fsp3) is 0.227. The number of para-hydroxylation sites is 1. The molecule has 1 aliphatic rings. The van der Waals surface area contributed by atoms with Crippen LogP contribution in [0.15, 0.2) is 57.9 Å². The third-order valence-corrected chi connectivity index (χ3v) is 5.88. The van der Waals surface area contributed by atoms with E-state index in [0.717, 1.165) is 20.3 Å². The van der Waals surface area contributed by atoms with Gasteiger partial charge in [-0.3, -0.25) is 20.0 Å². The zero-order chi connectivity index (χ0) is 25.0. The number of nitro groups is 1. The molecule has 2 aromatic carbocycles. The molecule has 12 heteroatoms. The van der Waals surface area contributed by atoms with Gasteiger partial charge in [-0.15, -0.1) is 0 Å². The van der Waals surface area contributed by atoms with E-state index >= 15 is 4.39 Å². The predicted octanol–water partition coefficient (Wildman–Crippen LogP) is 3.46. The Hall–Kier alpha value is -3.77. The highest BCUT2D eigenvalue weighted by Crippen LogP contribution is 2.40. The Balaban J connectivity index is 2.24. The van der Waals surface area contributed by atoms with Gasteiger partial charge in [0, 0.05) is 11.8 Å². The summed E-state index contributed by atoms with van der Waals surface area (Å²) < 4.78 is 25.2. The monoisotopic (exact) mass is 488 g/mol. The van der Waals surface area contributed by atoms with E-state index in [1.165, 1.54) is 11.0 Å². The summed E-state index contributed by atoms with van der Waals surface area (Å²) in [6.45, 7) is 0. The molecule has 3 rings (SSSR count). The van der Waals surface area contributed by atoms with Crippen molar-refractivity contribution in [2.75, 3.05) is 33.6 Å². The van der Waals surface area contributed by atoms with Crippen molar-refractivity contribution in [1.29, 1.82) is 0 Å². The molecule has 34 heavy (non-hydrogen) atoms. The highest BCUT2D eigenvalue weighted by molar-refractivity contribution is 8.18. The van der Waals surface area contributed by atoms with Crippen molar-refractivity contribution in [3.63, 3.8) is 0 Å². The lowest BCUT2D eigenvalue weighted by Crippen LogP contribution is -2.37. The van der Waals surface area contributed by atoms with Crippen LogP contribution in [-0.2, 0) is 19.1 Å². The van der Waals surface area contributed by atoms with Crippen LogP contribution in [0.1, 0.15) is 5.56 Å². The van der Waals surface area contributed by atoms with Gasteiger partial charge in [0.1, 0.15) is 16.1 Å². The molecule has 1 atom stereocenters. The molecule has 0 aliphatic carbocycles. The molecule has 0 radical (unpaired) electrons. The van der Waals surface area contributed by atoms with E-state index in [9.17, 15) is 19.7 Å². The number of ether oxygens (including phenoxy) is 2. The quantitative estimate of drug-likeness (QED) is 0.354. The lowest BCUT2D eigenvalue weighted by Gasteiger charge is -2.29. The largest absolute Gasteiger partial charge is 0.466 e. The lowest BCUT2D eigenvalue weighted by atomic mass is 10.1. The molecule has 0 saturated heterocycles. The number of benzene rings is 2. The number of carbonyl (C=O) groups is 2. The van der Waals surface area contributed by atoms with Crippen LogP contribution >= 0.6 is 11.8 Å². The number of rotatable bonds is 7. The summed E-state index contributed by atoms with van der Waals surface area (Å²) in [6.07, 6.45) is -1.04. The Labute approximate surface area is 198 Å². The molecule has 1 aliphatic heterocycles. The van der Waals surface area contributed by atoms with Crippen molar-refractivity contribution in [2.45, 2.75) is 6.17 Å². The normalized spacial score (nSPS) is 15.6. The van der Waals surface area contributed by atoms with Gasteiger partial charge >= 0.3 is 17.6 Å². The molecule has 10 nitrogen and oxygen atoms in total. The Bertz CT molecular complexity index is 1200. The number of aliphatic imine (C=N–C) groups is 1. The number of carbonyl (C=O) groups excluding carboxylic acids is 2. The molecule has 0 spiro atoms. The van der Waals surface area contributed by atoms with Gasteiger partial charge in [-0.1, -0.05) is 30.0 Å². The number of hydrogen-bond acceptors (Lipinski definition) is 10. The number of halogens is 1. The molecular weight excluding hydrogens is 467 g/mol. The maximum absolute atomic E-state index is 15.5. The first-order chi connectivity index (χ1) is 16.2. The number of methoxy groups -OCH3 is 2. The summed E-state index contributed by atoms with van der Waals surface area (Å²) in [5.74, 6) is -2.80. The van der Waals surface area contributed by atoms with Crippen LogP contribution in [0.5, 0.6) is 0 Å². The number of esters is 2. The van der Waals surface area contributed by atoms with Crippen molar-refractivity contribution in [3.8, 4) is 0 Å². The molecule has 1 unspecified atom stereocenters. The van der Waals surface area contributed by atoms with Crippen molar-refractivity contribution in [2.24, 2.45) is 4.99 Å². The van der Waals surface area contributed by atoms with Gasteiger partial charge in [0.25, 0.3) is 0 Å². The lowest BCUT2D eigenvalue weighted by molar-refractivity contribution is -0.387. The third-order valence-electron chi connectivity index (χ3n) is 4.79. The zero-order valence-electron chi connectivity index (χ0n) is 18.7. The molecular formula is C22H21FN4O6S. The van der Waals surface area contributed by atoms with Gasteiger partial charge in [-0.2, -0.15) is 4.39 Å². The first-order valence-corrected chi connectivity index (χ1v) is 10.6. The number of nitrogens with zero attached hydrogens (tertiary/aromatic N) is 3. The second-order valence-electron chi connectivity index (χ2n) is 7.17. The average molecular weight is 488 g/mol. The van der Waals surface area contributed by atoms with Crippen molar-refractivity contribution < 1.29 is 28.4 Å². The van der Waals surface area contributed by atoms with E-state index in [0.29, 0.717) is 17.4 Å². The predicted molar refractivity (Wildman–Crippen MR) is 125 cm³/mol. The van der Waals surface area contributed by atoms with Crippen LogP contribution in [0, 0.1) is 15.9 Å². The van der Waals surface area contributed by atoms with Crippen molar-refractivity contribution >= 4 is 45.8 Å². The minimum absolute atomic E-state index is 0.0496. The molecule has 0 fully saturated rings. The van der Waals surface area contributed by atoms with E-state index < -0.39 is 34.5 Å². The highest BCUT2D eigenvalue weighted by atomic mass is 32.2. The number of hydrogen-bond donors (Lipinski definition) is 1. The summed E-state index contributed by atoms with van der Waals surface area (Å²) in [4.78, 5) is 41.5.